The van der Waals surface area contributed by atoms with Crippen LogP contribution in [-0.2, 0) is 38.4 Å². The molecule has 1 aromatic heterocycles. The van der Waals surface area contributed by atoms with Gasteiger partial charge in [-0.15, -0.1) is 0 Å². The van der Waals surface area contributed by atoms with Crippen LogP contribution in [0.25, 0.3) is 11.0 Å². The highest BCUT2D eigenvalue weighted by Gasteiger charge is 2.52. The van der Waals surface area contributed by atoms with Crippen LogP contribution >= 0.6 is 0 Å². The Balaban J connectivity index is 1.56. The van der Waals surface area contributed by atoms with Gasteiger partial charge in [0.25, 0.3) is 0 Å². The van der Waals surface area contributed by atoms with Gasteiger partial charge in [-0.3, -0.25) is 0 Å². The van der Waals surface area contributed by atoms with Crippen LogP contribution in [0.5, 0.6) is 0 Å². The van der Waals surface area contributed by atoms with E-state index in [1.807, 2.05) is 51.1 Å². The lowest BCUT2D eigenvalue weighted by molar-refractivity contribution is 0.00578. The molecule has 1 aliphatic rings. The molecular formula is C31H44BN3O5. The maximum atomic E-state index is 12.5. The first-order valence-electron chi connectivity index (χ1n) is 14.2. The average molecular weight is 550 g/mol. The molecule has 0 bridgehead atoms. The lowest BCUT2D eigenvalue weighted by Crippen LogP contribution is -2.41. The van der Waals surface area contributed by atoms with E-state index in [4.69, 9.17) is 23.8 Å². The van der Waals surface area contributed by atoms with E-state index in [0.29, 0.717) is 32.7 Å². The highest BCUT2D eigenvalue weighted by Crippen LogP contribution is 2.37. The Morgan fingerprint density at radius 1 is 1.02 bits per heavy atom. The lowest BCUT2D eigenvalue weighted by Gasteiger charge is -2.32. The van der Waals surface area contributed by atoms with Crippen LogP contribution in [0.4, 0.5) is 4.79 Å². The van der Waals surface area contributed by atoms with Gasteiger partial charge in [0.1, 0.15) is 11.4 Å². The number of amides is 1. The first-order chi connectivity index (χ1) is 18.8. The van der Waals surface area contributed by atoms with Gasteiger partial charge in [0.2, 0.25) is 0 Å². The van der Waals surface area contributed by atoms with Gasteiger partial charge < -0.3 is 28.2 Å². The summed E-state index contributed by atoms with van der Waals surface area (Å²) in [4.78, 5) is 19.1. The molecule has 2 aromatic carbocycles. The molecular weight excluding hydrogens is 505 g/mol. The minimum atomic E-state index is -0.531. The van der Waals surface area contributed by atoms with Crippen molar-refractivity contribution in [3.8, 4) is 0 Å². The third-order valence-electron chi connectivity index (χ3n) is 7.55. The number of benzene rings is 2. The van der Waals surface area contributed by atoms with E-state index in [-0.39, 0.29) is 6.09 Å². The van der Waals surface area contributed by atoms with Crippen molar-refractivity contribution < 1.29 is 23.6 Å². The third-order valence-corrected chi connectivity index (χ3v) is 7.55. The van der Waals surface area contributed by atoms with Crippen LogP contribution in [0.3, 0.4) is 0 Å². The number of carbonyl (C=O) groups is 1. The van der Waals surface area contributed by atoms with Crippen LogP contribution in [0.2, 0.25) is 0 Å². The van der Waals surface area contributed by atoms with Crippen molar-refractivity contribution in [2.75, 3.05) is 20.2 Å². The second-order valence-corrected chi connectivity index (χ2v) is 12.5. The van der Waals surface area contributed by atoms with Crippen LogP contribution < -0.4 is 5.46 Å². The van der Waals surface area contributed by atoms with Crippen molar-refractivity contribution in [2.45, 2.75) is 91.3 Å². The summed E-state index contributed by atoms with van der Waals surface area (Å²) in [6, 6.07) is 16.3. The zero-order valence-corrected chi connectivity index (χ0v) is 25.3. The lowest BCUT2D eigenvalue weighted by atomic mass is 9.78. The van der Waals surface area contributed by atoms with Crippen LogP contribution in [-0.4, -0.2) is 64.7 Å². The number of aryl methyl sites for hydroxylation is 1. The molecule has 3 aromatic rings. The normalized spacial score (nSPS) is 16.4. The molecule has 0 saturated carbocycles. The number of fused-ring (bicyclic) bond motifs is 1. The molecule has 0 atom stereocenters. The Hall–Kier alpha value is -2.88. The molecule has 216 valence electrons. The molecule has 1 fully saturated rings. The van der Waals surface area contributed by atoms with E-state index in [1.165, 1.54) is 0 Å². The van der Waals surface area contributed by atoms with E-state index in [2.05, 4.69) is 50.5 Å². The van der Waals surface area contributed by atoms with E-state index < -0.39 is 23.9 Å². The smallest absolute Gasteiger partial charge is 0.444 e. The standard InChI is InChI=1S/C31H44BN3O5/c1-29(2,3)38-28(36)34(8)19-13-20-35-26(18-21-37-22-23-14-10-9-11-15-23)33-25-17-12-16-24(27(25)35)32-39-30(4,5)31(6,7)40-32/h9-12,14-17H,13,18-22H2,1-8H3. The molecule has 1 aliphatic heterocycles. The fraction of sp³-hybridized carbons (Fsp3) is 0.548. The molecule has 0 N–H and O–H groups in total. The summed E-state index contributed by atoms with van der Waals surface area (Å²) >= 11 is 0. The average Bonchev–Trinajstić information content (AvgIpc) is 3.33. The van der Waals surface area contributed by atoms with Gasteiger partial charge in [0, 0.05) is 32.0 Å². The SMILES string of the molecule is CN(CCCn1c(CCOCc2ccccc2)nc2cccc(B3OC(C)(C)C(C)(C)O3)c21)C(=O)OC(C)(C)C. The van der Waals surface area contributed by atoms with Gasteiger partial charge in [-0.1, -0.05) is 42.5 Å². The Morgan fingerprint density at radius 3 is 2.35 bits per heavy atom. The number of rotatable bonds is 10. The van der Waals surface area contributed by atoms with Crippen molar-refractivity contribution in [1.82, 2.24) is 14.5 Å². The van der Waals surface area contributed by atoms with Gasteiger partial charge in [-0.05, 0) is 66.5 Å². The number of carbonyl (C=O) groups excluding carboxylic acids is 1. The molecule has 2 heterocycles. The summed E-state index contributed by atoms with van der Waals surface area (Å²) in [6.07, 6.45) is 1.07. The summed E-state index contributed by atoms with van der Waals surface area (Å²) in [6.45, 7) is 16.2. The number of nitrogens with zero attached hydrogens (tertiary/aromatic N) is 3. The molecule has 0 spiro atoms. The Labute approximate surface area is 239 Å². The second kappa shape index (κ2) is 11.9. The zero-order valence-electron chi connectivity index (χ0n) is 25.3. The van der Waals surface area contributed by atoms with Crippen molar-refractivity contribution in [1.29, 1.82) is 0 Å². The van der Waals surface area contributed by atoms with Gasteiger partial charge in [0.15, 0.2) is 0 Å². The Morgan fingerprint density at radius 2 is 1.70 bits per heavy atom. The van der Waals surface area contributed by atoms with Crippen LogP contribution in [0.1, 0.15) is 66.3 Å². The number of ether oxygens (including phenoxy) is 2. The van der Waals surface area contributed by atoms with Crippen molar-refractivity contribution >= 4 is 29.7 Å². The molecule has 8 nitrogen and oxygen atoms in total. The molecule has 1 saturated heterocycles. The monoisotopic (exact) mass is 549 g/mol. The summed E-state index contributed by atoms with van der Waals surface area (Å²) in [5.41, 5.74) is 2.56. The molecule has 0 aliphatic carbocycles. The van der Waals surface area contributed by atoms with Crippen LogP contribution in [0.15, 0.2) is 48.5 Å². The van der Waals surface area contributed by atoms with E-state index >= 15 is 0 Å². The maximum absolute atomic E-state index is 12.5. The number of para-hydroxylation sites is 1. The highest BCUT2D eigenvalue weighted by atomic mass is 16.7. The third kappa shape index (κ3) is 7.06. The molecule has 0 radical (unpaired) electrons. The highest BCUT2D eigenvalue weighted by molar-refractivity contribution is 6.65. The molecule has 4 rings (SSSR count). The Bertz CT molecular complexity index is 1280. The largest absolute Gasteiger partial charge is 0.497 e. The first kappa shape index (κ1) is 30.1. The van der Waals surface area contributed by atoms with Gasteiger partial charge in [-0.25, -0.2) is 9.78 Å². The maximum Gasteiger partial charge on any atom is 0.497 e. The predicted molar refractivity (Wildman–Crippen MR) is 159 cm³/mol. The van der Waals surface area contributed by atoms with Gasteiger partial charge >= 0.3 is 13.2 Å². The molecule has 1 amide bonds. The second-order valence-electron chi connectivity index (χ2n) is 12.5. The number of hydrogen-bond acceptors (Lipinski definition) is 6. The van der Waals surface area contributed by atoms with Crippen LogP contribution in [0, 0.1) is 0 Å². The molecule has 0 unspecified atom stereocenters. The zero-order chi connectivity index (χ0) is 29.1. The minimum absolute atomic E-state index is 0.324. The van der Waals surface area contributed by atoms with E-state index in [9.17, 15) is 4.79 Å². The predicted octanol–water partition coefficient (Wildman–Crippen LogP) is 5.35. The quantitative estimate of drug-likeness (QED) is 0.251. The Kier molecular flexibility index (Phi) is 8.97. The minimum Gasteiger partial charge on any atom is -0.444 e. The van der Waals surface area contributed by atoms with Crippen molar-refractivity contribution in [2.24, 2.45) is 0 Å². The molecule has 40 heavy (non-hydrogen) atoms. The first-order valence-corrected chi connectivity index (χ1v) is 14.2. The number of imidazole rings is 1. The van der Waals surface area contributed by atoms with Crippen molar-refractivity contribution in [3.63, 3.8) is 0 Å². The topological polar surface area (TPSA) is 75.0 Å². The van der Waals surface area contributed by atoms with E-state index in [0.717, 1.165) is 34.3 Å². The number of aromatic nitrogens is 2. The summed E-state index contributed by atoms with van der Waals surface area (Å²) in [7, 11) is 1.27. The van der Waals surface area contributed by atoms with E-state index in [1.54, 1.807) is 11.9 Å². The van der Waals surface area contributed by atoms with Gasteiger partial charge in [0.05, 0.1) is 35.4 Å². The fourth-order valence-electron chi connectivity index (χ4n) is 4.68. The van der Waals surface area contributed by atoms with Crippen molar-refractivity contribution in [3.05, 3.63) is 59.9 Å². The summed E-state index contributed by atoms with van der Waals surface area (Å²) in [5.74, 6) is 0.937. The summed E-state index contributed by atoms with van der Waals surface area (Å²) in [5, 5.41) is 0. The number of hydrogen-bond donors (Lipinski definition) is 0. The van der Waals surface area contributed by atoms with Gasteiger partial charge in [-0.2, -0.15) is 0 Å². The fourth-order valence-corrected chi connectivity index (χ4v) is 4.68. The summed E-state index contributed by atoms with van der Waals surface area (Å²) < 4.78 is 26.6. The molecule has 9 heteroatoms.